The van der Waals surface area contributed by atoms with Crippen LogP contribution in [0.1, 0.15) is 45.4 Å². The van der Waals surface area contributed by atoms with Gasteiger partial charge in [-0.15, -0.1) is 12.4 Å². The maximum absolute atomic E-state index is 12.0. The number of carbonyl (C=O) groups excluding carboxylic acids is 1. The van der Waals surface area contributed by atoms with Gasteiger partial charge in [-0.2, -0.15) is 0 Å². The number of carbonyl (C=O) groups is 1. The molecule has 4 heteroatoms. The van der Waals surface area contributed by atoms with E-state index in [2.05, 4.69) is 11.8 Å². The first-order valence-corrected chi connectivity index (χ1v) is 6.70. The lowest BCUT2D eigenvalue weighted by Crippen LogP contribution is -2.43. The molecule has 2 fully saturated rings. The first-order chi connectivity index (χ1) is 7.66. The minimum atomic E-state index is 0. The van der Waals surface area contributed by atoms with Crippen LogP contribution in [0.4, 0.5) is 0 Å². The molecule has 0 spiro atoms. The summed E-state index contributed by atoms with van der Waals surface area (Å²) < 4.78 is 0. The Morgan fingerprint density at radius 1 is 1.29 bits per heavy atom. The lowest BCUT2D eigenvalue weighted by molar-refractivity contribution is -0.134. The Hall–Kier alpha value is -0.280. The minimum absolute atomic E-state index is 0. The van der Waals surface area contributed by atoms with Crippen LogP contribution in [0.3, 0.4) is 0 Å². The molecule has 0 aromatic carbocycles. The third-order valence-electron chi connectivity index (χ3n) is 4.32. The van der Waals surface area contributed by atoms with Gasteiger partial charge in [0.1, 0.15) is 0 Å². The van der Waals surface area contributed by atoms with Crippen molar-refractivity contribution in [2.45, 2.75) is 51.5 Å². The van der Waals surface area contributed by atoms with Crippen LogP contribution in [-0.4, -0.2) is 29.9 Å². The number of hydrogen-bond acceptors (Lipinski definition) is 2. The monoisotopic (exact) mass is 260 g/mol. The summed E-state index contributed by atoms with van der Waals surface area (Å²) in [6.45, 7) is 3.94. The van der Waals surface area contributed by atoms with Gasteiger partial charge in [0.25, 0.3) is 0 Å². The number of rotatable bonds is 3. The summed E-state index contributed by atoms with van der Waals surface area (Å²) >= 11 is 0. The summed E-state index contributed by atoms with van der Waals surface area (Å²) in [6.07, 6.45) is 6.83. The first-order valence-electron chi connectivity index (χ1n) is 6.70. The molecule has 1 saturated carbocycles. The molecule has 100 valence electrons. The highest BCUT2D eigenvalue weighted by atomic mass is 35.5. The summed E-state index contributed by atoms with van der Waals surface area (Å²) in [5.41, 5.74) is 5.90. The Balaban J connectivity index is 0.00000144. The van der Waals surface area contributed by atoms with E-state index in [-0.39, 0.29) is 18.4 Å². The van der Waals surface area contributed by atoms with Gasteiger partial charge in [0.2, 0.25) is 5.91 Å². The molecule has 0 aromatic rings. The third kappa shape index (κ3) is 3.85. The van der Waals surface area contributed by atoms with Crippen molar-refractivity contribution in [1.82, 2.24) is 4.90 Å². The summed E-state index contributed by atoms with van der Waals surface area (Å²) in [4.78, 5) is 14.0. The van der Waals surface area contributed by atoms with Gasteiger partial charge < -0.3 is 10.6 Å². The lowest BCUT2D eigenvalue weighted by Gasteiger charge is -2.35. The SMILES string of the molecule is CC(N)C1CCN(C(=O)CC2CCC2)CC1.Cl. The second-order valence-corrected chi connectivity index (χ2v) is 5.58. The predicted molar refractivity (Wildman–Crippen MR) is 72.2 cm³/mol. The fourth-order valence-corrected chi connectivity index (χ4v) is 2.75. The highest BCUT2D eigenvalue weighted by Crippen LogP contribution is 2.30. The molecule has 1 atom stereocenters. The van der Waals surface area contributed by atoms with Crippen LogP contribution in [-0.2, 0) is 4.79 Å². The van der Waals surface area contributed by atoms with Crippen molar-refractivity contribution in [2.75, 3.05) is 13.1 Å². The number of piperidine rings is 1. The van der Waals surface area contributed by atoms with E-state index in [9.17, 15) is 4.79 Å². The van der Waals surface area contributed by atoms with E-state index in [0.717, 1.165) is 32.4 Å². The molecular weight excluding hydrogens is 236 g/mol. The molecule has 2 aliphatic rings. The standard InChI is InChI=1S/C13H24N2O.ClH/c1-10(14)12-5-7-15(8-6-12)13(16)9-11-3-2-4-11;/h10-12H,2-9,14H2,1H3;1H. The molecule has 0 radical (unpaired) electrons. The fraction of sp³-hybridized carbons (Fsp3) is 0.923. The van der Waals surface area contributed by atoms with Crippen LogP contribution < -0.4 is 5.73 Å². The van der Waals surface area contributed by atoms with Crippen molar-refractivity contribution in [3.63, 3.8) is 0 Å². The molecule has 1 heterocycles. The quantitative estimate of drug-likeness (QED) is 0.846. The van der Waals surface area contributed by atoms with Crippen molar-refractivity contribution in [1.29, 1.82) is 0 Å². The Kier molecular flexibility index (Phi) is 5.74. The van der Waals surface area contributed by atoms with Gasteiger partial charge in [-0.3, -0.25) is 4.79 Å². The van der Waals surface area contributed by atoms with Crippen LogP contribution in [0.15, 0.2) is 0 Å². The smallest absolute Gasteiger partial charge is 0.222 e. The fourth-order valence-electron chi connectivity index (χ4n) is 2.75. The molecular formula is C13H25ClN2O. The Bertz CT molecular complexity index is 246. The number of nitrogens with two attached hydrogens (primary N) is 1. The summed E-state index contributed by atoms with van der Waals surface area (Å²) in [5, 5.41) is 0. The molecule has 3 nitrogen and oxygen atoms in total. The minimum Gasteiger partial charge on any atom is -0.343 e. The van der Waals surface area contributed by atoms with Crippen molar-refractivity contribution >= 4 is 18.3 Å². The highest BCUT2D eigenvalue weighted by Gasteiger charge is 2.27. The maximum Gasteiger partial charge on any atom is 0.222 e. The van der Waals surface area contributed by atoms with E-state index < -0.39 is 0 Å². The van der Waals surface area contributed by atoms with Gasteiger partial charge in [0.05, 0.1) is 0 Å². The second-order valence-electron chi connectivity index (χ2n) is 5.58. The molecule has 0 aromatic heterocycles. The molecule has 1 aliphatic heterocycles. The molecule has 1 unspecified atom stereocenters. The van der Waals surface area contributed by atoms with Crippen molar-refractivity contribution in [2.24, 2.45) is 17.6 Å². The van der Waals surface area contributed by atoms with E-state index >= 15 is 0 Å². The van der Waals surface area contributed by atoms with E-state index in [0.29, 0.717) is 17.7 Å². The molecule has 1 aliphatic carbocycles. The number of nitrogens with zero attached hydrogens (tertiary/aromatic N) is 1. The van der Waals surface area contributed by atoms with Crippen LogP contribution >= 0.6 is 12.4 Å². The topological polar surface area (TPSA) is 46.3 Å². The molecule has 2 rings (SSSR count). The van der Waals surface area contributed by atoms with Crippen LogP contribution in [0.2, 0.25) is 0 Å². The van der Waals surface area contributed by atoms with Gasteiger partial charge in [0, 0.05) is 25.6 Å². The molecule has 17 heavy (non-hydrogen) atoms. The number of likely N-dealkylation sites (tertiary alicyclic amines) is 1. The molecule has 2 N–H and O–H groups in total. The molecule has 1 amide bonds. The maximum atomic E-state index is 12.0. The Labute approximate surface area is 111 Å². The van der Waals surface area contributed by atoms with Gasteiger partial charge in [0.15, 0.2) is 0 Å². The third-order valence-corrected chi connectivity index (χ3v) is 4.32. The van der Waals surface area contributed by atoms with Crippen molar-refractivity contribution < 1.29 is 4.79 Å². The van der Waals surface area contributed by atoms with E-state index in [1.807, 2.05) is 0 Å². The zero-order chi connectivity index (χ0) is 11.5. The largest absolute Gasteiger partial charge is 0.343 e. The van der Waals surface area contributed by atoms with Crippen LogP contribution in [0, 0.1) is 11.8 Å². The number of amides is 1. The van der Waals surface area contributed by atoms with Gasteiger partial charge in [-0.05, 0) is 44.4 Å². The first kappa shape index (κ1) is 14.8. The van der Waals surface area contributed by atoms with Gasteiger partial charge >= 0.3 is 0 Å². The lowest BCUT2D eigenvalue weighted by atomic mass is 9.82. The van der Waals surface area contributed by atoms with Crippen LogP contribution in [0.25, 0.3) is 0 Å². The zero-order valence-electron chi connectivity index (χ0n) is 10.7. The highest BCUT2D eigenvalue weighted by molar-refractivity contribution is 5.85. The second kappa shape index (κ2) is 6.60. The summed E-state index contributed by atoms with van der Waals surface area (Å²) in [6, 6.07) is 0.281. The van der Waals surface area contributed by atoms with E-state index in [1.54, 1.807) is 0 Å². The molecule has 0 bridgehead atoms. The van der Waals surface area contributed by atoms with Crippen molar-refractivity contribution in [3.05, 3.63) is 0 Å². The van der Waals surface area contributed by atoms with Crippen LogP contribution in [0.5, 0.6) is 0 Å². The Morgan fingerprint density at radius 2 is 1.88 bits per heavy atom. The number of hydrogen-bond donors (Lipinski definition) is 1. The summed E-state index contributed by atoms with van der Waals surface area (Å²) in [5.74, 6) is 1.69. The van der Waals surface area contributed by atoms with Gasteiger partial charge in [-0.25, -0.2) is 0 Å². The van der Waals surface area contributed by atoms with Crippen molar-refractivity contribution in [3.8, 4) is 0 Å². The Morgan fingerprint density at radius 3 is 2.29 bits per heavy atom. The van der Waals surface area contributed by atoms with E-state index in [1.165, 1.54) is 19.3 Å². The van der Waals surface area contributed by atoms with Gasteiger partial charge in [-0.1, -0.05) is 6.42 Å². The zero-order valence-corrected chi connectivity index (χ0v) is 11.5. The average molecular weight is 261 g/mol. The molecule has 1 saturated heterocycles. The number of halogens is 1. The summed E-state index contributed by atoms with van der Waals surface area (Å²) in [7, 11) is 0. The average Bonchev–Trinajstić information content (AvgIpc) is 2.23. The van der Waals surface area contributed by atoms with E-state index in [4.69, 9.17) is 5.73 Å². The predicted octanol–water partition coefficient (Wildman–Crippen LogP) is 2.18. The normalized spacial score (nSPS) is 23.8.